The fourth-order valence-corrected chi connectivity index (χ4v) is 2.47. The summed E-state index contributed by atoms with van der Waals surface area (Å²) in [4.78, 5) is 15.8. The van der Waals surface area contributed by atoms with E-state index < -0.39 is 0 Å². The lowest BCUT2D eigenvalue weighted by molar-refractivity contribution is -0.117. The van der Waals surface area contributed by atoms with Crippen LogP contribution in [0.5, 0.6) is 0 Å². The molecule has 0 spiro atoms. The number of anilines is 1. The summed E-state index contributed by atoms with van der Waals surface area (Å²) in [7, 11) is 0. The molecule has 0 radical (unpaired) electrons. The van der Waals surface area contributed by atoms with Crippen molar-refractivity contribution < 1.29 is 4.79 Å². The maximum absolute atomic E-state index is 11.9. The van der Waals surface area contributed by atoms with Gasteiger partial charge in [-0.25, -0.2) is 0 Å². The molecule has 1 aromatic rings. The van der Waals surface area contributed by atoms with E-state index in [4.69, 9.17) is 0 Å². The minimum atomic E-state index is 0.0965. The van der Waals surface area contributed by atoms with E-state index >= 15 is 0 Å². The van der Waals surface area contributed by atoms with Crippen molar-refractivity contribution in [2.24, 2.45) is 11.8 Å². The van der Waals surface area contributed by atoms with E-state index in [0.29, 0.717) is 18.3 Å². The zero-order chi connectivity index (χ0) is 12.8. The molecule has 1 aromatic heterocycles. The Morgan fingerprint density at radius 1 is 1.56 bits per heavy atom. The molecular formula is C14H21N3O. The molecule has 0 aromatic carbocycles. The van der Waals surface area contributed by atoms with Gasteiger partial charge in [-0.3, -0.25) is 9.78 Å². The Hall–Kier alpha value is -1.42. The zero-order valence-corrected chi connectivity index (χ0v) is 10.9. The second-order valence-electron chi connectivity index (χ2n) is 5.07. The topological polar surface area (TPSA) is 54.0 Å². The summed E-state index contributed by atoms with van der Waals surface area (Å²) in [6.07, 6.45) is 6.42. The summed E-state index contributed by atoms with van der Waals surface area (Å²) in [5.74, 6) is 1.15. The van der Waals surface area contributed by atoms with Crippen LogP contribution in [0.15, 0.2) is 24.5 Å². The molecule has 1 aliphatic rings. The van der Waals surface area contributed by atoms with Crippen molar-refractivity contribution in [3.05, 3.63) is 24.5 Å². The van der Waals surface area contributed by atoms with Crippen molar-refractivity contribution in [3.8, 4) is 0 Å². The molecule has 0 bridgehead atoms. The van der Waals surface area contributed by atoms with E-state index in [1.54, 1.807) is 12.4 Å². The highest BCUT2D eigenvalue weighted by molar-refractivity contribution is 5.90. The second-order valence-corrected chi connectivity index (χ2v) is 5.07. The fourth-order valence-electron chi connectivity index (χ4n) is 2.47. The lowest BCUT2D eigenvalue weighted by Gasteiger charge is -2.28. The van der Waals surface area contributed by atoms with Gasteiger partial charge in [0.1, 0.15) is 0 Å². The Morgan fingerprint density at radius 3 is 3.00 bits per heavy atom. The molecule has 1 amide bonds. The average molecular weight is 247 g/mol. The monoisotopic (exact) mass is 247 g/mol. The molecule has 0 saturated carbocycles. The van der Waals surface area contributed by atoms with Gasteiger partial charge in [-0.2, -0.15) is 0 Å². The number of pyridine rings is 1. The summed E-state index contributed by atoms with van der Waals surface area (Å²) in [5, 5.41) is 6.31. The molecule has 2 unspecified atom stereocenters. The van der Waals surface area contributed by atoms with Gasteiger partial charge in [-0.05, 0) is 49.9 Å². The maximum atomic E-state index is 11.9. The van der Waals surface area contributed by atoms with Crippen molar-refractivity contribution in [1.82, 2.24) is 10.3 Å². The lowest BCUT2D eigenvalue weighted by atomic mass is 9.85. The first-order chi connectivity index (χ1) is 8.75. The number of nitrogens with zero attached hydrogens (tertiary/aromatic N) is 1. The molecule has 2 N–H and O–H groups in total. The van der Waals surface area contributed by atoms with Gasteiger partial charge in [0.05, 0.1) is 0 Å². The van der Waals surface area contributed by atoms with Crippen LogP contribution in [0.25, 0.3) is 0 Å². The molecular weight excluding hydrogens is 226 g/mol. The number of amides is 1. The van der Waals surface area contributed by atoms with Gasteiger partial charge < -0.3 is 10.6 Å². The van der Waals surface area contributed by atoms with Gasteiger partial charge in [0.2, 0.25) is 5.91 Å². The minimum absolute atomic E-state index is 0.0965. The Bertz CT molecular complexity index is 374. The number of nitrogens with one attached hydrogen (secondary N) is 2. The highest BCUT2D eigenvalue weighted by atomic mass is 16.1. The van der Waals surface area contributed by atoms with E-state index in [2.05, 4.69) is 22.5 Å². The van der Waals surface area contributed by atoms with Crippen molar-refractivity contribution >= 4 is 11.6 Å². The third-order valence-electron chi connectivity index (χ3n) is 3.61. The van der Waals surface area contributed by atoms with Crippen molar-refractivity contribution in [1.29, 1.82) is 0 Å². The van der Waals surface area contributed by atoms with Crippen LogP contribution in [-0.2, 0) is 4.79 Å². The van der Waals surface area contributed by atoms with Crippen LogP contribution >= 0.6 is 0 Å². The molecule has 2 rings (SSSR count). The van der Waals surface area contributed by atoms with Crippen molar-refractivity contribution in [3.63, 3.8) is 0 Å². The molecule has 18 heavy (non-hydrogen) atoms. The predicted molar refractivity (Wildman–Crippen MR) is 72.2 cm³/mol. The molecule has 98 valence electrons. The number of aromatic nitrogens is 1. The summed E-state index contributed by atoms with van der Waals surface area (Å²) < 4.78 is 0. The third kappa shape index (κ3) is 3.81. The number of carbonyl (C=O) groups excluding carboxylic acids is 1. The first-order valence-electron chi connectivity index (χ1n) is 6.66. The first kappa shape index (κ1) is 13.0. The van der Waals surface area contributed by atoms with Crippen LogP contribution < -0.4 is 10.6 Å². The van der Waals surface area contributed by atoms with E-state index in [1.807, 2.05) is 12.1 Å². The normalized spacial score (nSPS) is 21.3. The zero-order valence-electron chi connectivity index (χ0n) is 10.9. The standard InChI is InChI=1S/C14H21N3O/c1-11(12-3-2-6-16-10-12)9-14(18)17-13-4-7-15-8-5-13/h4-5,7-8,11-12,16H,2-3,6,9-10H2,1H3,(H,15,17,18). The Labute approximate surface area is 108 Å². The van der Waals surface area contributed by atoms with Gasteiger partial charge in [0.15, 0.2) is 0 Å². The van der Waals surface area contributed by atoms with E-state index in [1.165, 1.54) is 12.8 Å². The molecule has 2 atom stereocenters. The Morgan fingerprint density at radius 2 is 2.33 bits per heavy atom. The minimum Gasteiger partial charge on any atom is -0.326 e. The summed E-state index contributed by atoms with van der Waals surface area (Å²) >= 11 is 0. The largest absolute Gasteiger partial charge is 0.326 e. The highest BCUT2D eigenvalue weighted by Crippen LogP contribution is 2.22. The lowest BCUT2D eigenvalue weighted by Crippen LogP contribution is -2.34. The van der Waals surface area contributed by atoms with Gasteiger partial charge in [0.25, 0.3) is 0 Å². The third-order valence-corrected chi connectivity index (χ3v) is 3.61. The van der Waals surface area contributed by atoms with Crippen molar-refractivity contribution in [2.45, 2.75) is 26.2 Å². The number of hydrogen-bond acceptors (Lipinski definition) is 3. The highest BCUT2D eigenvalue weighted by Gasteiger charge is 2.21. The van der Waals surface area contributed by atoms with Crippen LogP contribution in [0.1, 0.15) is 26.2 Å². The van der Waals surface area contributed by atoms with Crippen LogP contribution in [0.4, 0.5) is 5.69 Å². The number of carbonyl (C=O) groups is 1. The van der Waals surface area contributed by atoms with E-state index in [9.17, 15) is 4.79 Å². The number of rotatable bonds is 4. The summed E-state index contributed by atoms with van der Waals surface area (Å²) in [6, 6.07) is 3.62. The Balaban J connectivity index is 1.79. The van der Waals surface area contributed by atoms with Crippen molar-refractivity contribution in [2.75, 3.05) is 18.4 Å². The van der Waals surface area contributed by atoms with Crippen LogP contribution in [0.3, 0.4) is 0 Å². The smallest absolute Gasteiger partial charge is 0.224 e. The molecule has 2 heterocycles. The van der Waals surface area contributed by atoms with Gasteiger partial charge in [0, 0.05) is 24.5 Å². The predicted octanol–water partition coefficient (Wildman–Crippen LogP) is 2.05. The SMILES string of the molecule is CC(CC(=O)Nc1ccncc1)C1CCCNC1. The van der Waals surface area contributed by atoms with E-state index in [-0.39, 0.29) is 5.91 Å². The van der Waals surface area contributed by atoms with Gasteiger partial charge in [-0.1, -0.05) is 6.92 Å². The summed E-state index contributed by atoms with van der Waals surface area (Å²) in [6.45, 7) is 4.33. The fraction of sp³-hybridized carbons (Fsp3) is 0.571. The summed E-state index contributed by atoms with van der Waals surface area (Å²) in [5.41, 5.74) is 0.823. The second kappa shape index (κ2) is 6.50. The number of hydrogen-bond donors (Lipinski definition) is 2. The van der Waals surface area contributed by atoms with Crippen LogP contribution in [0.2, 0.25) is 0 Å². The molecule has 0 aliphatic carbocycles. The van der Waals surface area contributed by atoms with Gasteiger partial charge in [-0.15, -0.1) is 0 Å². The molecule has 4 heteroatoms. The molecule has 4 nitrogen and oxygen atoms in total. The average Bonchev–Trinajstić information content (AvgIpc) is 2.40. The molecule has 1 saturated heterocycles. The Kier molecular flexibility index (Phi) is 4.70. The van der Waals surface area contributed by atoms with Crippen LogP contribution in [0, 0.1) is 11.8 Å². The molecule has 1 aliphatic heterocycles. The number of piperidine rings is 1. The maximum Gasteiger partial charge on any atom is 0.224 e. The van der Waals surface area contributed by atoms with Crippen LogP contribution in [-0.4, -0.2) is 24.0 Å². The first-order valence-corrected chi connectivity index (χ1v) is 6.66. The quantitative estimate of drug-likeness (QED) is 0.856. The van der Waals surface area contributed by atoms with E-state index in [0.717, 1.165) is 18.8 Å². The van der Waals surface area contributed by atoms with Gasteiger partial charge >= 0.3 is 0 Å². The molecule has 1 fully saturated rings.